The van der Waals surface area contributed by atoms with Gasteiger partial charge in [0.05, 0.1) is 38.8 Å². The number of rotatable bonds is 5. The first-order chi connectivity index (χ1) is 28.3. The summed E-state index contributed by atoms with van der Waals surface area (Å²) in [6.07, 6.45) is 0. The van der Waals surface area contributed by atoms with E-state index >= 15 is 0 Å². The maximum Gasteiger partial charge on any atom is 0.0549 e. The molecule has 0 atom stereocenters. The van der Waals surface area contributed by atoms with Crippen LogP contribution in [0.3, 0.4) is 0 Å². The molecule has 3 nitrogen and oxygen atoms in total. The van der Waals surface area contributed by atoms with Crippen molar-refractivity contribution < 1.29 is 0 Å². The molecule has 0 saturated heterocycles. The van der Waals surface area contributed by atoms with Gasteiger partial charge in [-0.05, 0) is 89.5 Å². The summed E-state index contributed by atoms with van der Waals surface area (Å²) in [7, 11) is 0. The molecule has 0 radical (unpaired) electrons. The zero-order valence-corrected chi connectivity index (χ0v) is 31.0. The van der Waals surface area contributed by atoms with Crippen LogP contribution in [-0.2, 0) is 0 Å². The van der Waals surface area contributed by atoms with E-state index in [1.165, 1.54) is 87.7 Å². The fraction of sp³-hybridized carbons (Fsp3) is 0. The summed E-state index contributed by atoms with van der Waals surface area (Å²) < 4.78 is 7.33. The third-order valence-electron chi connectivity index (χ3n) is 11.8. The average molecular weight is 726 g/mol. The van der Waals surface area contributed by atoms with Crippen molar-refractivity contribution in [1.82, 2.24) is 13.7 Å². The number of aromatic nitrogens is 3. The molecule has 0 fully saturated rings. The van der Waals surface area contributed by atoms with Gasteiger partial charge in [0.25, 0.3) is 0 Å². The molecule has 0 bridgehead atoms. The highest BCUT2D eigenvalue weighted by Gasteiger charge is 2.22. The highest BCUT2D eigenvalue weighted by Crippen LogP contribution is 2.45. The molecule has 0 aliphatic rings. The highest BCUT2D eigenvalue weighted by atomic mass is 15.0. The van der Waals surface area contributed by atoms with Crippen molar-refractivity contribution in [3.05, 3.63) is 212 Å². The normalized spacial score (nSPS) is 11.9. The van der Waals surface area contributed by atoms with E-state index in [1.807, 2.05) is 0 Å². The smallest absolute Gasteiger partial charge is 0.0549 e. The summed E-state index contributed by atoms with van der Waals surface area (Å²) in [5.74, 6) is 0. The van der Waals surface area contributed by atoms with Gasteiger partial charge in [-0.2, -0.15) is 0 Å². The van der Waals surface area contributed by atoms with Gasteiger partial charge >= 0.3 is 0 Å². The van der Waals surface area contributed by atoms with Crippen LogP contribution in [0.15, 0.2) is 212 Å². The quantitative estimate of drug-likeness (QED) is 0.168. The molecule has 3 heteroatoms. The van der Waals surface area contributed by atoms with Crippen LogP contribution in [0.5, 0.6) is 0 Å². The summed E-state index contributed by atoms with van der Waals surface area (Å²) in [6.45, 7) is 0. The van der Waals surface area contributed by atoms with Crippen molar-refractivity contribution in [2.24, 2.45) is 0 Å². The van der Waals surface area contributed by atoms with Gasteiger partial charge in [-0.25, -0.2) is 0 Å². The number of hydrogen-bond acceptors (Lipinski definition) is 0. The summed E-state index contributed by atoms with van der Waals surface area (Å²) >= 11 is 0. The van der Waals surface area contributed by atoms with Crippen molar-refractivity contribution >= 4 is 65.4 Å². The lowest BCUT2D eigenvalue weighted by Gasteiger charge is -2.17. The topological polar surface area (TPSA) is 14.8 Å². The Morgan fingerprint density at radius 1 is 0.246 bits per heavy atom. The molecule has 0 saturated carbocycles. The molecule has 0 spiro atoms. The summed E-state index contributed by atoms with van der Waals surface area (Å²) in [4.78, 5) is 0. The average Bonchev–Trinajstić information content (AvgIpc) is 3.92. The van der Waals surface area contributed by atoms with E-state index in [4.69, 9.17) is 0 Å². The van der Waals surface area contributed by atoms with Crippen molar-refractivity contribution in [2.75, 3.05) is 0 Å². The number of para-hydroxylation sites is 5. The standard InChI is InChI=1S/C54H35N3/c1-4-16-36(17-5-1)37-29-31-49(45(34-37)38-28-30-42-41-22-10-13-25-46(41)56(52(42)35-38)40-20-8-3-9-21-40)57-48-27-15-12-24-44(48)54-51(57)33-32-50-53(54)43-23-11-14-26-47(43)55(50)39-18-6-2-7-19-39/h1-35H. The molecule has 0 unspecified atom stereocenters. The molecule has 57 heavy (non-hydrogen) atoms. The summed E-state index contributed by atoms with van der Waals surface area (Å²) in [5.41, 5.74) is 15.4. The maximum atomic E-state index is 2.50. The molecule has 266 valence electrons. The Morgan fingerprint density at radius 2 is 0.702 bits per heavy atom. The van der Waals surface area contributed by atoms with Crippen molar-refractivity contribution in [3.8, 4) is 39.3 Å². The molecular weight excluding hydrogens is 691 g/mol. The van der Waals surface area contributed by atoms with Crippen molar-refractivity contribution in [3.63, 3.8) is 0 Å². The molecule has 3 aromatic heterocycles. The minimum Gasteiger partial charge on any atom is -0.309 e. The second-order valence-corrected chi connectivity index (χ2v) is 14.9. The zero-order valence-electron chi connectivity index (χ0n) is 31.0. The minimum absolute atomic E-state index is 1.15. The number of nitrogens with zero attached hydrogens (tertiary/aromatic N) is 3. The van der Waals surface area contributed by atoms with Crippen molar-refractivity contribution in [2.45, 2.75) is 0 Å². The summed E-state index contributed by atoms with van der Waals surface area (Å²) in [6, 6.07) is 77.4. The molecule has 12 aromatic rings. The Hall–Kier alpha value is -7.62. The van der Waals surface area contributed by atoms with E-state index in [-0.39, 0.29) is 0 Å². The lowest BCUT2D eigenvalue weighted by atomic mass is 9.96. The molecule has 3 heterocycles. The van der Waals surface area contributed by atoms with Crippen LogP contribution in [0.25, 0.3) is 105 Å². The van der Waals surface area contributed by atoms with E-state index in [0.29, 0.717) is 0 Å². The van der Waals surface area contributed by atoms with Gasteiger partial charge in [0.15, 0.2) is 0 Å². The predicted octanol–water partition coefficient (Wildman–Crippen LogP) is 14.3. The lowest BCUT2D eigenvalue weighted by molar-refractivity contribution is 1.17. The Kier molecular flexibility index (Phi) is 6.93. The second-order valence-electron chi connectivity index (χ2n) is 14.9. The van der Waals surface area contributed by atoms with Crippen LogP contribution < -0.4 is 0 Å². The SMILES string of the molecule is c1ccc(-c2ccc(-n3c4ccccc4c4c5c6ccccc6n(-c6ccccc6)c5ccc43)c(-c3ccc4c5ccccc5n(-c5ccccc5)c4c3)c2)cc1. The first-order valence-corrected chi connectivity index (χ1v) is 19.6. The van der Waals surface area contributed by atoms with Crippen molar-refractivity contribution in [1.29, 1.82) is 0 Å². The van der Waals surface area contributed by atoms with Crippen LogP contribution in [-0.4, -0.2) is 13.7 Å². The largest absolute Gasteiger partial charge is 0.309 e. The molecule has 0 aliphatic heterocycles. The number of fused-ring (bicyclic) bond motifs is 10. The van der Waals surface area contributed by atoms with Crippen LogP contribution in [0.2, 0.25) is 0 Å². The van der Waals surface area contributed by atoms with Gasteiger partial charge in [-0.15, -0.1) is 0 Å². The van der Waals surface area contributed by atoms with E-state index in [1.54, 1.807) is 0 Å². The Morgan fingerprint density at radius 3 is 1.33 bits per heavy atom. The third-order valence-corrected chi connectivity index (χ3v) is 11.8. The van der Waals surface area contributed by atoms with Gasteiger partial charge in [-0.3, -0.25) is 0 Å². The lowest BCUT2D eigenvalue weighted by Crippen LogP contribution is -1.99. The van der Waals surface area contributed by atoms with Gasteiger partial charge < -0.3 is 13.7 Å². The van der Waals surface area contributed by atoms with E-state index in [0.717, 1.165) is 17.1 Å². The Balaban J connectivity index is 1.18. The highest BCUT2D eigenvalue weighted by molar-refractivity contribution is 6.29. The van der Waals surface area contributed by atoms with Crippen LogP contribution >= 0.6 is 0 Å². The fourth-order valence-electron chi connectivity index (χ4n) is 9.40. The Labute approximate surface area is 329 Å². The molecule has 9 aromatic carbocycles. The second kappa shape index (κ2) is 12.5. The number of benzene rings is 9. The third kappa shape index (κ3) is 4.73. The summed E-state index contributed by atoms with van der Waals surface area (Å²) in [5, 5.41) is 7.54. The molecule has 0 amide bonds. The minimum atomic E-state index is 1.15. The molecular formula is C54H35N3. The van der Waals surface area contributed by atoms with Crippen LogP contribution in [0.1, 0.15) is 0 Å². The van der Waals surface area contributed by atoms with E-state index in [9.17, 15) is 0 Å². The molecule has 0 N–H and O–H groups in total. The van der Waals surface area contributed by atoms with Gasteiger partial charge in [0.1, 0.15) is 0 Å². The molecule has 12 rings (SSSR count). The van der Waals surface area contributed by atoms with Gasteiger partial charge in [-0.1, -0.05) is 140 Å². The fourth-order valence-corrected chi connectivity index (χ4v) is 9.40. The predicted molar refractivity (Wildman–Crippen MR) is 240 cm³/mol. The first-order valence-electron chi connectivity index (χ1n) is 19.6. The monoisotopic (exact) mass is 725 g/mol. The van der Waals surface area contributed by atoms with Crippen LogP contribution in [0.4, 0.5) is 0 Å². The van der Waals surface area contributed by atoms with Gasteiger partial charge in [0.2, 0.25) is 0 Å². The molecule has 0 aliphatic carbocycles. The van der Waals surface area contributed by atoms with E-state index in [2.05, 4.69) is 226 Å². The number of hydrogen-bond donors (Lipinski definition) is 0. The van der Waals surface area contributed by atoms with Crippen LogP contribution in [0, 0.1) is 0 Å². The first kappa shape index (κ1) is 31.7. The van der Waals surface area contributed by atoms with Gasteiger partial charge in [0, 0.05) is 49.3 Å². The zero-order chi connectivity index (χ0) is 37.5. The maximum absolute atomic E-state index is 2.50. The van der Waals surface area contributed by atoms with E-state index < -0.39 is 0 Å². The Bertz CT molecular complexity index is 3500.